The van der Waals surface area contributed by atoms with Crippen molar-refractivity contribution in [1.29, 1.82) is 0 Å². The summed E-state index contributed by atoms with van der Waals surface area (Å²) in [5, 5.41) is 30.0. The zero-order chi connectivity index (χ0) is 10.7. The van der Waals surface area contributed by atoms with E-state index in [2.05, 4.69) is 5.32 Å². The van der Waals surface area contributed by atoms with Gasteiger partial charge in [-0.25, -0.2) is 0 Å². The first-order valence-corrected chi connectivity index (χ1v) is 4.44. The van der Waals surface area contributed by atoms with Crippen molar-refractivity contribution in [2.24, 2.45) is 0 Å². The molecule has 1 saturated heterocycles. The minimum absolute atomic E-state index is 0.193. The van der Waals surface area contributed by atoms with Gasteiger partial charge in [0.25, 0.3) is 0 Å². The van der Waals surface area contributed by atoms with E-state index in [9.17, 15) is 15.0 Å². The van der Waals surface area contributed by atoms with Crippen LogP contribution in [-0.4, -0.2) is 52.4 Å². The molecule has 1 aliphatic rings. The molecule has 1 heterocycles. The van der Waals surface area contributed by atoms with Gasteiger partial charge < -0.3 is 25.4 Å². The van der Waals surface area contributed by atoms with Gasteiger partial charge in [0.15, 0.2) is 6.29 Å². The lowest BCUT2D eigenvalue weighted by Gasteiger charge is -2.36. The molecule has 14 heavy (non-hydrogen) atoms. The molecule has 0 spiro atoms. The van der Waals surface area contributed by atoms with E-state index in [1.165, 1.54) is 6.92 Å². The van der Waals surface area contributed by atoms with E-state index in [4.69, 9.17) is 9.84 Å². The van der Waals surface area contributed by atoms with Gasteiger partial charge in [-0.3, -0.25) is 4.79 Å². The number of carbonyl (C=O) groups excluding carboxylic acids is 1. The topological polar surface area (TPSA) is 99.0 Å². The molecule has 1 fully saturated rings. The van der Waals surface area contributed by atoms with Crippen molar-refractivity contribution < 1.29 is 24.9 Å². The summed E-state index contributed by atoms with van der Waals surface area (Å²) in [5.74, 6) is -0.348. The van der Waals surface area contributed by atoms with Crippen molar-refractivity contribution in [1.82, 2.24) is 5.32 Å². The quantitative estimate of drug-likeness (QED) is 0.416. The standard InChI is InChI=1S/C8H15NO5/c1-4(11)9-7-6(12)2-5(3-10)14-8(7)13/h5-8,10,12-13H,2-3H2,1H3,(H,9,11)/t5?,6?,7-,8+/m0/s1. The molecule has 82 valence electrons. The monoisotopic (exact) mass is 205 g/mol. The lowest BCUT2D eigenvalue weighted by molar-refractivity contribution is -0.214. The summed E-state index contributed by atoms with van der Waals surface area (Å²) in [7, 11) is 0. The Morgan fingerprint density at radius 3 is 2.64 bits per heavy atom. The van der Waals surface area contributed by atoms with Crippen LogP contribution in [0.15, 0.2) is 0 Å². The van der Waals surface area contributed by atoms with E-state index >= 15 is 0 Å². The highest BCUT2D eigenvalue weighted by Crippen LogP contribution is 2.18. The van der Waals surface area contributed by atoms with Crippen LogP contribution in [0.3, 0.4) is 0 Å². The molecule has 1 aliphatic heterocycles. The highest BCUT2D eigenvalue weighted by atomic mass is 16.6. The molecule has 4 atom stereocenters. The summed E-state index contributed by atoms with van der Waals surface area (Å²) in [6.07, 6.45) is -2.57. The van der Waals surface area contributed by atoms with Crippen molar-refractivity contribution >= 4 is 5.91 Å². The van der Waals surface area contributed by atoms with E-state index in [-0.39, 0.29) is 18.9 Å². The summed E-state index contributed by atoms with van der Waals surface area (Å²) >= 11 is 0. The van der Waals surface area contributed by atoms with Crippen molar-refractivity contribution in [3.63, 3.8) is 0 Å². The summed E-state index contributed by atoms with van der Waals surface area (Å²) in [6, 6.07) is -0.824. The molecule has 0 radical (unpaired) electrons. The molecule has 0 aromatic carbocycles. The third kappa shape index (κ3) is 2.65. The molecule has 0 bridgehead atoms. The fourth-order valence-electron chi connectivity index (χ4n) is 1.46. The maximum absolute atomic E-state index is 10.7. The molecule has 0 aliphatic carbocycles. The molecular weight excluding hydrogens is 190 g/mol. The Labute approximate surface area is 81.5 Å². The highest BCUT2D eigenvalue weighted by Gasteiger charge is 2.36. The molecule has 6 nitrogen and oxygen atoms in total. The van der Waals surface area contributed by atoms with Crippen LogP contribution in [0.5, 0.6) is 0 Å². The zero-order valence-electron chi connectivity index (χ0n) is 7.88. The number of carbonyl (C=O) groups is 1. The second-order valence-corrected chi connectivity index (χ2v) is 3.36. The molecule has 2 unspecified atom stereocenters. The molecule has 1 rings (SSSR count). The molecule has 1 amide bonds. The number of rotatable bonds is 2. The fourth-order valence-corrected chi connectivity index (χ4v) is 1.46. The number of aliphatic hydroxyl groups excluding tert-OH is 3. The van der Waals surface area contributed by atoms with E-state index in [1.807, 2.05) is 0 Å². The normalized spacial score (nSPS) is 38.0. The predicted molar refractivity (Wildman–Crippen MR) is 46.2 cm³/mol. The maximum Gasteiger partial charge on any atom is 0.217 e. The van der Waals surface area contributed by atoms with Gasteiger partial charge in [-0.1, -0.05) is 0 Å². The molecular formula is C8H15NO5. The smallest absolute Gasteiger partial charge is 0.217 e. The number of ether oxygens (including phenoxy) is 1. The van der Waals surface area contributed by atoms with E-state index < -0.39 is 24.5 Å². The van der Waals surface area contributed by atoms with Crippen LogP contribution in [0, 0.1) is 0 Å². The second kappa shape index (κ2) is 4.70. The SMILES string of the molecule is CC(=O)N[C@H]1C(O)CC(CO)O[C@H]1O. The van der Waals surface area contributed by atoms with E-state index in [0.29, 0.717) is 0 Å². The molecule has 6 heteroatoms. The molecule has 0 saturated carbocycles. The Bertz CT molecular complexity index is 198. The van der Waals surface area contributed by atoms with E-state index in [0.717, 1.165) is 0 Å². The maximum atomic E-state index is 10.7. The van der Waals surface area contributed by atoms with Gasteiger partial charge in [0.05, 0.1) is 18.8 Å². The predicted octanol–water partition coefficient (Wildman–Crippen LogP) is -2.05. The average molecular weight is 205 g/mol. The first-order valence-electron chi connectivity index (χ1n) is 4.44. The number of hydrogen-bond acceptors (Lipinski definition) is 5. The van der Waals surface area contributed by atoms with Crippen LogP contribution in [0.4, 0.5) is 0 Å². The van der Waals surface area contributed by atoms with Gasteiger partial charge in [0.2, 0.25) is 5.91 Å². The number of aliphatic hydroxyl groups is 3. The molecule has 0 aromatic rings. The average Bonchev–Trinajstić information content (AvgIpc) is 2.10. The number of hydrogen-bond donors (Lipinski definition) is 4. The van der Waals surface area contributed by atoms with Crippen LogP contribution in [0.25, 0.3) is 0 Å². The Hall–Kier alpha value is -0.690. The fraction of sp³-hybridized carbons (Fsp3) is 0.875. The Balaban J connectivity index is 2.55. The molecule has 0 aromatic heterocycles. The van der Waals surface area contributed by atoms with Crippen LogP contribution in [0.1, 0.15) is 13.3 Å². The van der Waals surface area contributed by atoms with Gasteiger partial charge in [-0.15, -0.1) is 0 Å². The summed E-state index contributed by atoms with van der Waals surface area (Å²) in [5.41, 5.74) is 0. The van der Waals surface area contributed by atoms with Gasteiger partial charge in [0, 0.05) is 13.3 Å². The zero-order valence-corrected chi connectivity index (χ0v) is 7.88. The van der Waals surface area contributed by atoms with Crippen LogP contribution in [-0.2, 0) is 9.53 Å². The number of nitrogens with one attached hydrogen (secondary N) is 1. The Morgan fingerprint density at radius 1 is 1.57 bits per heavy atom. The largest absolute Gasteiger partial charge is 0.394 e. The second-order valence-electron chi connectivity index (χ2n) is 3.36. The van der Waals surface area contributed by atoms with Crippen LogP contribution in [0.2, 0.25) is 0 Å². The Kier molecular flexibility index (Phi) is 3.82. The highest BCUT2D eigenvalue weighted by molar-refractivity contribution is 5.73. The van der Waals surface area contributed by atoms with E-state index in [1.54, 1.807) is 0 Å². The Morgan fingerprint density at radius 2 is 2.21 bits per heavy atom. The molecule has 4 N–H and O–H groups in total. The van der Waals surface area contributed by atoms with Crippen molar-refractivity contribution in [2.45, 2.75) is 37.9 Å². The first kappa shape index (κ1) is 11.4. The summed E-state index contributed by atoms with van der Waals surface area (Å²) in [6.45, 7) is 1.03. The summed E-state index contributed by atoms with van der Waals surface area (Å²) in [4.78, 5) is 10.7. The van der Waals surface area contributed by atoms with Crippen molar-refractivity contribution in [2.75, 3.05) is 6.61 Å². The van der Waals surface area contributed by atoms with Crippen LogP contribution < -0.4 is 5.32 Å². The minimum atomic E-state index is -1.28. The lowest BCUT2D eigenvalue weighted by Crippen LogP contribution is -2.57. The van der Waals surface area contributed by atoms with Crippen molar-refractivity contribution in [3.05, 3.63) is 0 Å². The first-order chi connectivity index (χ1) is 6.54. The van der Waals surface area contributed by atoms with Gasteiger partial charge >= 0.3 is 0 Å². The van der Waals surface area contributed by atoms with Crippen molar-refractivity contribution in [3.8, 4) is 0 Å². The third-order valence-electron chi connectivity index (χ3n) is 2.13. The number of amides is 1. The van der Waals surface area contributed by atoms with Crippen LogP contribution >= 0.6 is 0 Å². The van der Waals surface area contributed by atoms with Gasteiger partial charge in [0.1, 0.15) is 6.04 Å². The van der Waals surface area contributed by atoms with Gasteiger partial charge in [-0.2, -0.15) is 0 Å². The summed E-state index contributed by atoms with van der Waals surface area (Å²) < 4.78 is 4.95. The van der Waals surface area contributed by atoms with Gasteiger partial charge in [-0.05, 0) is 0 Å². The minimum Gasteiger partial charge on any atom is -0.394 e. The lowest BCUT2D eigenvalue weighted by atomic mass is 10.0. The third-order valence-corrected chi connectivity index (χ3v) is 2.13.